The van der Waals surface area contributed by atoms with Crippen LogP contribution in [0.1, 0.15) is 0 Å². The van der Waals surface area contributed by atoms with Gasteiger partial charge in [0.2, 0.25) is 0 Å². The molecule has 4 heteroatoms. The molecule has 0 aliphatic carbocycles. The molecule has 0 amide bonds. The van der Waals surface area contributed by atoms with Crippen LogP contribution in [0.25, 0.3) is 10.2 Å². The maximum atomic E-state index is 10.1. The van der Waals surface area contributed by atoms with Crippen molar-refractivity contribution in [3.63, 3.8) is 0 Å². The molecule has 0 fully saturated rings. The zero-order valence-electron chi connectivity index (χ0n) is 5.52. The summed E-state index contributed by atoms with van der Waals surface area (Å²) in [7, 11) is 0. The Morgan fingerprint density at radius 1 is 1.36 bits per heavy atom. The number of fused-ring (bicyclic) bond motifs is 1. The smallest absolute Gasteiger partial charge is 0.215 e. The Morgan fingerprint density at radius 3 is 2.91 bits per heavy atom. The Balaban J connectivity index is 2.78. The number of hydrogen-bond donors (Lipinski definition) is 0. The van der Waals surface area contributed by atoms with Gasteiger partial charge in [0, 0.05) is 5.18 Å². The zero-order valence-corrected chi connectivity index (χ0v) is 6.34. The number of hydrogen-bond acceptors (Lipinski definition) is 4. The van der Waals surface area contributed by atoms with E-state index in [9.17, 15) is 4.91 Å². The standard InChI is InChI=1S/C7H4N2OS/c10-9-7-8-5-3-1-2-4-6(5)11-7/h1-4H. The molecule has 1 aromatic carbocycles. The van der Waals surface area contributed by atoms with Gasteiger partial charge in [0.15, 0.2) is 0 Å². The Kier molecular flexibility index (Phi) is 1.40. The number of para-hydroxylation sites is 1. The van der Waals surface area contributed by atoms with Crippen molar-refractivity contribution in [2.75, 3.05) is 0 Å². The van der Waals surface area contributed by atoms with Gasteiger partial charge in [-0.3, -0.25) is 0 Å². The van der Waals surface area contributed by atoms with Crippen LogP contribution in [-0.2, 0) is 0 Å². The second-order valence-corrected chi connectivity index (χ2v) is 3.06. The summed E-state index contributed by atoms with van der Waals surface area (Å²) in [5.74, 6) is 0. The van der Waals surface area contributed by atoms with Crippen LogP contribution in [0.4, 0.5) is 5.13 Å². The number of benzene rings is 1. The summed E-state index contributed by atoms with van der Waals surface area (Å²) in [6.07, 6.45) is 0. The molecule has 0 unspecified atom stereocenters. The predicted octanol–water partition coefficient (Wildman–Crippen LogP) is 2.69. The highest BCUT2D eigenvalue weighted by atomic mass is 32.1. The molecule has 0 aliphatic heterocycles. The van der Waals surface area contributed by atoms with Crippen molar-refractivity contribution >= 4 is 26.7 Å². The lowest BCUT2D eigenvalue weighted by molar-refractivity contribution is 1.39. The van der Waals surface area contributed by atoms with E-state index in [2.05, 4.69) is 10.2 Å². The Bertz CT molecular complexity index is 363. The van der Waals surface area contributed by atoms with Crippen molar-refractivity contribution in [1.29, 1.82) is 0 Å². The fourth-order valence-corrected chi connectivity index (χ4v) is 1.64. The third-order valence-corrected chi connectivity index (χ3v) is 2.27. The fourth-order valence-electron chi connectivity index (χ4n) is 0.899. The van der Waals surface area contributed by atoms with Gasteiger partial charge in [-0.05, 0) is 12.1 Å². The lowest BCUT2D eigenvalue weighted by Gasteiger charge is -1.80. The predicted molar refractivity (Wildman–Crippen MR) is 45.1 cm³/mol. The molecule has 0 radical (unpaired) electrons. The van der Waals surface area contributed by atoms with Crippen molar-refractivity contribution in [2.24, 2.45) is 5.18 Å². The van der Waals surface area contributed by atoms with Gasteiger partial charge in [-0.1, -0.05) is 23.5 Å². The number of thiazole rings is 1. The summed E-state index contributed by atoms with van der Waals surface area (Å²) < 4.78 is 1.00. The molecule has 2 aromatic rings. The third kappa shape index (κ3) is 1.01. The van der Waals surface area contributed by atoms with Crippen LogP contribution in [0.5, 0.6) is 0 Å². The number of rotatable bonds is 1. The summed E-state index contributed by atoms with van der Waals surface area (Å²) in [6, 6.07) is 7.58. The van der Waals surface area contributed by atoms with Gasteiger partial charge in [0.25, 0.3) is 5.13 Å². The summed E-state index contributed by atoms with van der Waals surface area (Å²) >= 11 is 1.31. The molecule has 11 heavy (non-hydrogen) atoms. The second-order valence-electron chi connectivity index (χ2n) is 2.06. The molecule has 2 rings (SSSR count). The van der Waals surface area contributed by atoms with Crippen LogP contribution in [0.15, 0.2) is 29.4 Å². The van der Waals surface area contributed by atoms with Gasteiger partial charge in [0.1, 0.15) is 0 Å². The highest BCUT2D eigenvalue weighted by molar-refractivity contribution is 7.21. The molecule has 54 valence electrons. The average molecular weight is 164 g/mol. The number of nitrogens with zero attached hydrogens (tertiary/aromatic N) is 2. The van der Waals surface area contributed by atoms with E-state index >= 15 is 0 Å². The van der Waals surface area contributed by atoms with Crippen molar-refractivity contribution < 1.29 is 0 Å². The normalized spacial score (nSPS) is 10.2. The van der Waals surface area contributed by atoms with Gasteiger partial charge < -0.3 is 0 Å². The van der Waals surface area contributed by atoms with Crippen molar-refractivity contribution in [3.05, 3.63) is 29.2 Å². The van der Waals surface area contributed by atoms with Crippen LogP contribution in [0.2, 0.25) is 0 Å². The van der Waals surface area contributed by atoms with Gasteiger partial charge in [-0.25, -0.2) is 4.98 Å². The first-order valence-electron chi connectivity index (χ1n) is 3.09. The summed E-state index contributed by atoms with van der Waals surface area (Å²) in [4.78, 5) is 14.0. The average Bonchev–Trinajstić information content (AvgIpc) is 2.46. The molecule has 0 atom stereocenters. The molecule has 1 heterocycles. The largest absolute Gasteiger partial charge is 0.253 e. The highest BCUT2D eigenvalue weighted by Crippen LogP contribution is 2.26. The van der Waals surface area contributed by atoms with E-state index in [0.29, 0.717) is 5.13 Å². The van der Waals surface area contributed by atoms with E-state index in [4.69, 9.17) is 0 Å². The van der Waals surface area contributed by atoms with Gasteiger partial charge >= 0.3 is 0 Å². The summed E-state index contributed by atoms with van der Waals surface area (Å²) in [5.41, 5.74) is 0.840. The van der Waals surface area contributed by atoms with Gasteiger partial charge in [0.05, 0.1) is 10.2 Å². The molecular formula is C7H4N2OS. The van der Waals surface area contributed by atoms with Crippen molar-refractivity contribution in [3.8, 4) is 0 Å². The molecule has 1 aromatic heterocycles. The van der Waals surface area contributed by atoms with E-state index < -0.39 is 0 Å². The molecule has 0 aliphatic rings. The first-order chi connectivity index (χ1) is 5.40. The second kappa shape index (κ2) is 2.39. The highest BCUT2D eigenvalue weighted by Gasteiger charge is 2.00. The molecule has 0 saturated carbocycles. The quantitative estimate of drug-likeness (QED) is 0.608. The van der Waals surface area contributed by atoms with E-state index in [0.717, 1.165) is 10.2 Å². The minimum Gasteiger partial charge on any atom is -0.215 e. The van der Waals surface area contributed by atoms with E-state index in [-0.39, 0.29) is 0 Å². The molecule has 0 bridgehead atoms. The van der Waals surface area contributed by atoms with Crippen LogP contribution < -0.4 is 0 Å². The minimum absolute atomic E-state index is 0.297. The van der Waals surface area contributed by atoms with Gasteiger partial charge in [-0.15, -0.1) is 4.91 Å². The van der Waals surface area contributed by atoms with Gasteiger partial charge in [-0.2, -0.15) is 0 Å². The fraction of sp³-hybridized carbons (Fsp3) is 0. The Hall–Kier alpha value is -1.29. The minimum atomic E-state index is 0.297. The molecule has 3 nitrogen and oxygen atoms in total. The number of aromatic nitrogens is 1. The van der Waals surface area contributed by atoms with Crippen LogP contribution >= 0.6 is 11.3 Å². The van der Waals surface area contributed by atoms with E-state index in [1.807, 2.05) is 24.3 Å². The van der Waals surface area contributed by atoms with Crippen molar-refractivity contribution in [1.82, 2.24) is 4.98 Å². The molecular weight excluding hydrogens is 160 g/mol. The monoisotopic (exact) mass is 164 g/mol. The number of nitroso groups, excluding NO2 is 1. The molecule has 0 saturated heterocycles. The summed E-state index contributed by atoms with van der Waals surface area (Å²) in [6.45, 7) is 0. The van der Waals surface area contributed by atoms with Crippen molar-refractivity contribution in [2.45, 2.75) is 0 Å². The van der Waals surface area contributed by atoms with Crippen LogP contribution in [-0.4, -0.2) is 4.98 Å². The zero-order chi connectivity index (χ0) is 7.68. The first-order valence-corrected chi connectivity index (χ1v) is 3.91. The first kappa shape index (κ1) is 6.42. The lowest BCUT2D eigenvalue weighted by Crippen LogP contribution is -1.62. The summed E-state index contributed by atoms with van der Waals surface area (Å²) in [5, 5.41) is 3.06. The SMILES string of the molecule is O=Nc1nc2ccccc2s1. The van der Waals surface area contributed by atoms with Crippen LogP contribution in [0, 0.1) is 4.91 Å². The maximum Gasteiger partial charge on any atom is 0.253 e. The lowest BCUT2D eigenvalue weighted by atomic mass is 10.3. The Morgan fingerprint density at radius 2 is 2.18 bits per heavy atom. The van der Waals surface area contributed by atoms with Crippen LogP contribution in [0.3, 0.4) is 0 Å². The molecule has 0 spiro atoms. The maximum absolute atomic E-state index is 10.1. The Labute approximate surface area is 66.7 Å². The third-order valence-electron chi connectivity index (χ3n) is 1.36. The van der Waals surface area contributed by atoms with E-state index in [1.54, 1.807) is 0 Å². The van der Waals surface area contributed by atoms with E-state index in [1.165, 1.54) is 11.3 Å². The molecule has 0 N–H and O–H groups in total. The topological polar surface area (TPSA) is 42.3 Å².